The normalized spacial score (nSPS) is 16.3. The van der Waals surface area contributed by atoms with Gasteiger partial charge in [-0.2, -0.15) is 0 Å². The first-order chi connectivity index (χ1) is 9.00. The molecule has 0 radical (unpaired) electrons. The number of carbonyl (C=O) groups excluding carboxylic acids is 1. The van der Waals surface area contributed by atoms with Gasteiger partial charge in [0.15, 0.2) is 0 Å². The van der Waals surface area contributed by atoms with Gasteiger partial charge in [0.25, 0.3) is 5.91 Å². The Kier molecular flexibility index (Phi) is 3.75. The lowest BCUT2D eigenvalue weighted by Crippen LogP contribution is -2.33. The fourth-order valence-corrected chi connectivity index (χ4v) is 2.33. The van der Waals surface area contributed by atoms with Crippen LogP contribution in [0.25, 0.3) is 0 Å². The first-order valence-corrected chi connectivity index (χ1v) is 6.53. The van der Waals surface area contributed by atoms with E-state index in [1.807, 2.05) is 0 Å². The van der Waals surface area contributed by atoms with Gasteiger partial charge in [0, 0.05) is 6.54 Å². The molecule has 5 heteroatoms. The van der Waals surface area contributed by atoms with Gasteiger partial charge in [0.2, 0.25) is 0 Å². The summed E-state index contributed by atoms with van der Waals surface area (Å²) in [6.07, 6.45) is 2.27. The van der Waals surface area contributed by atoms with Crippen molar-refractivity contribution in [2.45, 2.75) is 26.7 Å². The second kappa shape index (κ2) is 5.17. The minimum atomic E-state index is -0.528. The number of anilines is 1. The molecule has 0 unspecified atom stereocenters. The number of hydrogen-bond donors (Lipinski definition) is 3. The molecule has 0 saturated heterocycles. The zero-order valence-electron chi connectivity index (χ0n) is 11.3. The number of benzene rings is 1. The molecule has 0 atom stereocenters. The Morgan fingerprint density at radius 1 is 1.47 bits per heavy atom. The van der Waals surface area contributed by atoms with E-state index in [0.717, 1.165) is 12.8 Å². The summed E-state index contributed by atoms with van der Waals surface area (Å²) in [6, 6.07) is 4.32. The Morgan fingerprint density at radius 3 is 2.68 bits per heavy atom. The minimum Gasteiger partial charge on any atom is -0.351 e. The van der Waals surface area contributed by atoms with Crippen LogP contribution >= 0.6 is 0 Å². The highest BCUT2D eigenvalue weighted by molar-refractivity contribution is 5.99. The zero-order valence-corrected chi connectivity index (χ0v) is 11.3. The van der Waals surface area contributed by atoms with Crippen molar-refractivity contribution in [1.82, 2.24) is 5.32 Å². The van der Waals surface area contributed by atoms with E-state index < -0.39 is 5.82 Å². The van der Waals surface area contributed by atoms with E-state index in [4.69, 9.17) is 5.84 Å². The number of halogens is 1. The van der Waals surface area contributed by atoms with Gasteiger partial charge in [0.1, 0.15) is 5.82 Å². The Balaban J connectivity index is 2.07. The van der Waals surface area contributed by atoms with E-state index >= 15 is 0 Å². The molecule has 0 aliphatic heterocycles. The molecule has 1 saturated carbocycles. The fourth-order valence-electron chi connectivity index (χ4n) is 2.33. The van der Waals surface area contributed by atoms with E-state index in [9.17, 15) is 9.18 Å². The molecule has 19 heavy (non-hydrogen) atoms. The van der Waals surface area contributed by atoms with Gasteiger partial charge in [-0.3, -0.25) is 10.6 Å². The number of amides is 1. The Morgan fingerprint density at radius 2 is 2.16 bits per heavy atom. The number of para-hydroxylation sites is 1. The number of nitrogen functional groups attached to an aromatic ring is 1. The summed E-state index contributed by atoms with van der Waals surface area (Å²) < 4.78 is 13.5. The Labute approximate surface area is 112 Å². The predicted molar refractivity (Wildman–Crippen MR) is 73.0 cm³/mol. The largest absolute Gasteiger partial charge is 0.351 e. The third-order valence-electron chi connectivity index (χ3n) is 4.12. The van der Waals surface area contributed by atoms with E-state index in [2.05, 4.69) is 24.6 Å². The summed E-state index contributed by atoms with van der Waals surface area (Å²) >= 11 is 0. The predicted octanol–water partition coefficient (Wildman–Crippen LogP) is 2.28. The van der Waals surface area contributed by atoms with Crippen LogP contribution in [0.4, 0.5) is 10.1 Å². The van der Waals surface area contributed by atoms with Crippen molar-refractivity contribution in [3.05, 3.63) is 29.6 Å². The molecule has 104 valence electrons. The average Bonchev–Trinajstić information content (AvgIpc) is 3.17. The zero-order chi connectivity index (χ0) is 14.0. The molecule has 0 heterocycles. The second-order valence-corrected chi connectivity index (χ2v) is 5.51. The van der Waals surface area contributed by atoms with Crippen LogP contribution in [0.15, 0.2) is 18.2 Å². The maximum atomic E-state index is 13.5. The van der Waals surface area contributed by atoms with Crippen molar-refractivity contribution in [3.63, 3.8) is 0 Å². The highest BCUT2D eigenvalue weighted by Gasteiger charge is 2.45. The maximum Gasteiger partial charge on any atom is 0.253 e. The second-order valence-electron chi connectivity index (χ2n) is 5.51. The van der Waals surface area contributed by atoms with E-state index in [0.29, 0.717) is 12.5 Å². The Bertz CT molecular complexity index is 484. The first-order valence-electron chi connectivity index (χ1n) is 6.53. The van der Waals surface area contributed by atoms with Crippen molar-refractivity contribution < 1.29 is 9.18 Å². The molecular formula is C14H20FN3O. The van der Waals surface area contributed by atoms with Crippen molar-refractivity contribution in [3.8, 4) is 0 Å². The number of hydrogen-bond acceptors (Lipinski definition) is 3. The SMILES string of the molecule is CC(C)C1(CNC(=O)c2cccc(F)c2NN)CC1. The van der Waals surface area contributed by atoms with Crippen LogP contribution in [0, 0.1) is 17.2 Å². The smallest absolute Gasteiger partial charge is 0.253 e. The summed E-state index contributed by atoms with van der Waals surface area (Å²) in [7, 11) is 0. The molecule has 1 aliphatic rings. The van der Waals surface area contributed by atoms with Gasteiger partial charge in [-0.25, -0.2) is 4.39 Å². The lowest BCUT2D eigenvalue weighted by Gasteiger charge is -2.20. The molecule has 4 N–H and O–H groups in total. The monoisotopic (exact) mass is 265 g/mol. The molecule has 0 bridgehead atoms. The van der Waals surface area contributed by atoms with Crippen molar-refractivity contribution in [1.29, 1.82) is 0 Å². The first kappa shape index (κ1) is 13.8. The Hall–Kier alpha value is -1.62. The van der Waals surface area contributed by atoms with Crippen LogP contribution in [0.5, 0.6) is 0 Å². The fraction of sp³-hybridized carbons (Fsp3) is 0.500. The molecule has 0 aromatic heterocycles. The summed E-state index contributed by atoms with van der Waals surface area (Å²) in [5.41, 5.74) is 2.74. The number of hydrazine groups is 1. The molecular weight excluding hydrogens is 245 g/mol. The average molecular weight is 265 g/mol. The topological polar surface area (TPSA) is 67.2 Å². The van der Waals surface area contributed by atoms with Crippen molar-refractivity contribution in [2.24, 2.45) is 17.2 Å². The van der Waals surface area contributed by atoms with Gasteiger partial charge >= 0.3 is 0 Å². The third kappa shape index (κ3) is 2.71. The maximum absolute atomic E-state index is 13.5. The van der Waals surface area contributed by atoms with Crippen molar-refractivity contribution in [2.75, 3.05) is 12.0 Å². The molecule has 1 fully saturated rings. The summed E-state index contributed by atoms with van der Waals surface area (Å²) in [5, 5.41) is 2.88. The number of nitrogens with two attached hydrogens (primary N) is 1. The van der Waals surface area contributed by atoms with E-state index in [1.165, 1.54) is 12.1 Å². The van der Waals surface area contributed by atoms with Crippen LogP contribution in [-0.4, -0.2) is 12.5 Å². The van der Waals surface area contributed by atoms with Gasteiger partial charge in [-0.1, -0.05) is 19.9 Å². The number of nitrogens with one attached hydrogen (secondary N) is 2. The molecule has 1 aromatic rings. The summed E-state index contributed by atoms with van der Waals surface area (Å²) in [6.45, 7) is 4.95. The van der Waals surface area contributed by atoms with Gasteiger partial charge in [-0.15, -0.1) is 0 Å². The molecule has 1 aliphatic carbocycles. The van der Waals surface area contributed by atoms with Crippen LogP contribution in [0.1, 0.15) is 37.0 Å². The minimum absolute atomic E-state index is 0.0365. The van der Waals surface area contributed by atoms with Gasteiger partial charge in [0.05, 0.1) is 11.3 Å². The van der Waals surface area contributed by atoms with Crippen LogP contribution < -0.4 is 16.6 Å². The highest BCUT2D eigenvalue weighted by Crippen LogP contribution is 2.51. The van der Waals surface area contributed by atoms with Gasteiger partial charge < -0.3 is 10.7 Å². The third-order valence-corrected chi connectivity index (χ3v) is 4.12. The van der Waals surface area contributed by atoms with Crippen molar-refractivity contribution >= 4 is 11.6 Å². The molecule has 1 aromatic carbocycles. The lowest BCUT2D eigenvalue weighted by atomic mass is 9.92. The van der Waals surface area contributed by atoms with Crippen LogP contribution in [0.3, 0.4) is 0 Å². The van der Waals surface area contributed by atoms with Gasteiger partial charge in [-0.05, 0) is 36.3 Å². The highest BCUT2D eigenvalue weighted by atomic mass is 19.1. The number of rotatable bonds is 5. The molecule has 0 spiro atoms. The number of carbonyl (C=O) groups is 1. The van der Waals surface area contributed by atoms with E-state index in [-0.39, 0.29) is 22.6 Å². The van der Waals surface area contributed by atoms with E-state index in [1.54, 1.807) is 6.07 Å². The standard InChI is InChI=1S/C14H20FN3O/c1-9(2)14(6-7-14)8-17-13(19)10-4-3-5-11(15)12(10)18-16/h3-5,9,18H,6-8,16H2,1-2H3,(H,17,19). The lowest BCUT2D eigenvalue weighted by molar-refractivity contribution is 0.0940. The molecule has 2 rings (SSSR count). The van der Waals surface area contributed by atoms with Crippen LogP contribution in [-0.2, 0) is 0 Å². The summed E-state index contributed by atoms with van der Waals surface area (Å²) in [5.74, 6) is 4.98. The van der Waals surface area contributed by atoms with Crippen LogP contribution in [0.2, 0.25) is 0 Å². The quantitative estimate of drug-likeness (QED) is 0.565. The molecule has 1 amide bonds. The molecule has 4 nitrogen and oxygen atoms in total. The summed E-state index contributed by atoms with van der Waals surface area (Å²) in [4.78, 5) is 12.1.